The molecule has 0 radical (unpaired) electrons. The number of amides is 1. The van der Waals surface area contributed by atoms with Gasteiger partial charge >= 0.3 is 5.97 Å². The van der Waals surface area contributed by atoms with Gasteiger partial charge in [-0.25, -0.2) is 9.78 Å². The van der Waals surface area contributed by atoms with Crippen LogP contribution in [0, 0.1) is 6.92 Å². The van der Waals surface area contributed by atoms with Crippen molar-refractivity contribution in [2.75, 3.05) is 19.0 Å². The van der Waals surface area contributed by atoms with Gasteiger partial charge in [0.1, 0.15) is 11.3 Å². The summed E-state index contributed by atoms with van der Waals surface area (Å²) in [5.74, 6) is -0.580. The minimum absolute atomic E-state index is 0.0421. The Morgan fingerprint density at radius 1 is 1.31 bits per heavy atom. The fraction of sp³-hybridized carbons (Fsp3) is 0.167. The molecule has 134 valence electrons. The van der Waals surface area contributed by atoms with Crippen molar-refractivity contribution in [3.63, 3.8) is 0 Å². The molecule has 0 saturated carbocycles. The Balaban J connectivity index is 1.68. The number of ether oxygens (including phenoxy) is 2. The van der Waals surface area contributed by atoms with Crippen molar-refractivity contribution < 1.29 is 23.5 Å². The van der Waals surface area contributed by atoms with Gasteiger partial charge in [-0.15, -0.1) is 0 Å². The number of hydrogen-bond donors (Lipinski definition) is 1. The molecule has 0 atom stereocenters. The molecule has 3 aromatic rings. The number of rotatable bonds is 5. The molecule has 0 aliphatic heterocycles. The standard InChI is InChI=1S/C18H15ClN2O5/c1-10-12-8-11(24-2)5-6-14(12)26-16(10)18(23)25-9-15(22)21-13-4-3-7-20-17(13)19/h3-8H,9H2,1-2H3,(H,21,22). The van der Waals surface area contributed by atoms with E-state index in [2.05, 4.69) is 10.3 Å². The molecule has 26 heavy (non-hydrogen) atoms. The Bertz CT molecular complexity index is 983. The lowest BCUT2D eigenvalue weighted by molar-refractivity contribution is -0.119. The van der Waals surface area contributed by atoms with E-state index in [1.807, 2.05) is 0 Å². The molecule has 2 heterocycles. The van der Waals surface area contributed by atoms with Gasteiger partial charge in [0.2, 0.25) is 5.76 Å². The number of carbonyl (C=O) groups is 2. The van der Waals surface area contributed by atoms with E-state index >= 15 is 0 Å². The third-order valence-corrected chi connectivity index (χ3v) is 4.00. The minimum Gasteiger partial charge on any atom is -0.497 e. The van der Waals surface area contributed by atoms with Crippen molar-refractivity contribution >= 4 is 40.1 Å². The summed E-state index contributed by atoms with van der Waals surface area (Å²) in [6.07, 6.45) is 1.50. The Labute approximate surface area is 153 Å². The lowest BCUT2D eigenvalue weighted by Gasteiger charge is -2.06. The number of hydrogen-bond acceptors (Lipinski definition) is 6. The number of nitrogens with zero attached hydrogens (tertiary/aromatic N) is 1. The SMILES string of the molecule is COc1ccc2oc(C(=O)OCC(=O)Nc3cccnc3Cl)c(C)c2c1. The van der Waals surface area contributed by atoms with Crippen molar-refractivity contribution in [2.24, 2.45) is 0 Å². The molecule has 3 rings (SSSR count). The second-order valence-electron chi connectivity index (χ2n) is 5.38. The number of pyridine rings is 1. The molecule has 7 nitrogen and oxygen atoms in total. The second-order valence-corrected chi connectivity index (χ2v) is 5.74. The lowest BCUT2D eigenvalue weighted by atomic mass is 10.1. The van der Waals surface area contributed by atoms with Crippen LogP contribution in [0.15, 0.2) is 40.9 Å². The Kier molecular flexibility index (Phi) is 5.09. The Hall–Kier alpha value is -3.06. The zero-order valence-corrected chi connectivity index (χ0v) is 14.8. The average molecular weight is 375 g/mol. The summed E-state index contributed by atoms with van der Waals surface area (Å²) < 4.78 is 15.7. The maximum Gasteiger partial charge on any atom is 0.375 e. The largest absolute Gasteiger partial charge is 0.497 e. The van der Waals surface area contributed by atoms with Gasteiger partial charge in [-0.05, 0) is 37.3 Å². The maximum atomic E-state index is 12.2. The summed E-state index contributed by atoms with van der Waals surface area (Å²) >= 11 is 5.86. The summed E-state index contributed by atoms with van der Waals surface area (Å²) in [6.45, 7) is 1.25. The van der Waals surface area contributed by atoms with Crippen molar-refractivity contribution in [1.82, 2.24) is 4.98 Å². The quantitative estimate of drug-likeness (QED) is 0.542. The molecule has 0 aliphatic rings. The molecule has 0 saturated heterocycles. The number of halogens is 1. The number of aryl methyl sites for hydroxylation is 1. The predicted molar refractivity (Wildman–Crippen MR) is 95.7 cm³/mol. The van der Waals surface area contributed by atoms with E-state index in [9.17, 15) is 9.59 Å². The van der Waals surface area contributed by atoms with E-state index < -0.39 is 18.5 Å². The van der Waals surface area contributed by atoms with Crippen molar-refractivity contribution in [2.45, 2.75) is 6.92 Å². The van der Waals surface area contributed by atoms with Crippen LogP contribution >= 0.6 is 11.6 Å². The number of carbonyl (C=O) groups excluding carboxylic acids is 2. The molecule has 0 unspecified atom stereocenters. The molecular weight excluding hydrogens is 360 g/mol. The fourth-order valence-electron chi connectivity index (χ4n) is 2.38. The molecule has 0 aliphatic carbocycles. The van der Waals surface area contributed by atoms with Crippen LogP contribution in [-0.4, -0.2) is 30.6 Å². The van der Waals surface area contributed by atoms with Crippen molar-refractivity contribution in [1.29, 1.82) is 0 Å². The molecule has 1 amide bonds. The highest BCUT2D eigenvalue weighted by Crippen LogP contribution is 2.29. The summed E-state index contributed by atoms with van der Waals surface area (Å²) in [6, 6.07) is 8.41. The highest BCUT2D eigenvalue weighted by atomic mass is 35.5. The molecule has 1 N–H and O–H groups in total. The number of anilines is 1. The van der Waals surface area contributed by atoms with Crippen molar-refractivity contribution in [3.8, 4) is 5.75 Å². The molecule has 1 aromatic carbocycles. The summed E-state index contributed by atoms with van der Waals surface area (Å²) in [5.41, 5.74) is 1.48. The van der Waals surface area contributed by atoms with Crippen LogP contribution in [0.5, 0.6) is 5.75 Å². The maximum absolute atomic E-state index is 12.2. The summed E-state index contributed by atoms with van der Waals surface area (Å²) in [7, 11) is 1.55. The number of furan rings is 1. The summed E-state index contributed by atoms with van der Waals surface area (Å²) in [4.78, 5) is 28.0. The monoisotopic (exact) mass is 374 g/mol. The van der Waals surface area contributed by atoms with E-state index in [4.69, 9.17) is 25.5 Å². The third-order valence-electron chi connectivity index (χ3n) is 3.70. The molecule has 0 fully saturated rings. The normalized spacial score (nSPS) is 10.6. The van der Waals surface area contributed by atoms with Crippen molar-refractivity contribution in [3.05, 3.63) is 53.0 Å². The predicted octanol–water partition coefficient (Wildman–Crippen LogP) is 3.59. The number of methoxy groups -OCH3 is 1. The molecule has 8 heteroatoms. The first-order chi connectivity index (χ1) is 12.5. The van der Waals surface area contributed by atoms with Gasteiger partial charge in [0.05, 0.1) is 12.8 Å². The summed E-state index contributed by atoms with van der Waals surface area (Å²) in [5, 5.41) is 3.40. The molecule has 0 bridgehead atoms. The van der Waals surface area contributed by atoms with Gasteiger partial charge in [0.25, 0.3) is 5.91 Å². The lowest BCUT2D eigenvalue weighted by Crippen LogP contribution is -2.21. The van der Waals surface area contributed by atoms with Gasteiger partial charge in [0.15, 0.2) is 11.8 Å². The van der Waals surface area contributed by atoms with Gasteiger partial charge in [0, 0.05) is 17.1 Å². The third kappa shape index (κ3) is 3.62. The number of esters is 1. The second kappa shape index (κ2) is 7.45. The number of benzene rings is 1. The van der Waals surface area contributed by atoms with Crippen LogP contribution in [0.3, 0.4) is 0 Å². The van der Waals surface area contributed by atoms with Gasteiger partial charge in [-0.3, -0.25) is 4.79 Å². The zero-order chi connectivity index (χ0) is 18.7. The minimum atomic E-state index is -0.731. The zero-order valence-electron chi connectivity index (χ0n) is 14.0. The van der Waals surface area contributed by atoms with E-state index in [1.54, 1.807) is 44.4 Å². The van der Waals surface area contributed by atoms with E-state index in [0.717, 1.165) is 5.39 Å². The highest BCUT2D eigenvalue weighted by Gasteiger charge is 2.20. The number of aromatic nitrogens is 1. The smallest absolute Gasteiger partial charge is 0.375 e. The fourth-order valence-corrected chi connectivity index (χ4v) is 2.55. The van der Waals surface area contributed by atoms with Gasteiger partial charge in [-0.1, -0.05) is 11.6 Å². The van der Waals surface area contributed by atoms with Crippen LogP contribution in [0.4, 0.5) is 5.69 Å². The highest BCUT2D eigenvalue weighted by molar-refractivity contribution is 6.32. The van der Waals surface area contributed by atoms with Gasteiger partial charge < -0.3 is 19.2 Å². The number of fused-ring (bicyclic) bond motifs is 1. The average Bonchev–Trinajstić information content (AvgIpc) is 2.98. The topological polar surface area (TPSA) is 90.7 Å². The first-order valence-electron chi connectivity index (χ1n) is 7.64. The Morgan fingerprint density at radius 3 is 2.85 bits per heavy atom. The van der Waals surface area contributed by atoms with Crippen LogP contribution in [-0.2, 0) is 9.53 Å². The molecule has 0 spiro atoms. The number of nitrogens with one attached hydrogen (secondary N) is 1. The first-order valence-corrected chi connectivity index (χ1v) is 8.02. The van der Waals surface area contributed by atoms with Crippen LogP contribution in [0.25, 0.3) is 11.0 Å². The van der Waals surface area contributed by atoms with E-state index in [1.165, 1.54) is 6.20 Å². The van der Waals surface area contributed by atoms with Crippen LogP contribution < -0.4 is 10.1 Å². The van der Waals surface area contributed by atoms with E-state index in [0.29, 0.717) is 22.6 Å². The van der Waals surface area contributed by atoms with E-state index in [-0.39, 0.29) is 10.9 Å². The molecular formula is C18H15ClN2O5. The van der Waals surface area contributed by atoms with Crippen LogP contribution in [0.2, 0.25) is 5.15 Å². The van der Waals surface area contributed by atoms with Crippen LogP contribution in [0.1, 0.15) is 16.1 Å². The molecule has 2 aromatic heterocycles. The van der Waals surface area contributed by atoms with Gasteiger partial charge in [-0.2, -0.15) is 0 Å². The first kappa shape index (κ1) is 17.8. The Morgan fingerprint density at radius 2 is 2.12 bits per heavy atom.